The number of carboxylic acids is 1. The van der Waals surface area contributed by atoms with Crippen LogP contribution in [0.5, 0.6) is 0 Å². The van der Waals surface area contributed by atoms with E-state index in [1.165, 1.54) is 0 Å². The molecule has 19 heavy (non-hydrogen) atoms. The van der Waals surface area contributed by atoms with Crippen LogP contribution in [0.3, 0.4) is 0 Å². The molecule has 104 valence electrons. The van der Waals surface area contributed by atoms with Crippen LogP contribution < -0.4 is 10.2 Å². The minimum absolute atomic E-state index is 0.441. The molecule has 0 aliphatic carbocycles. The predicted molar refractivity (Wildman–Crippen MR) is 69.0 cm³/mol. The van der Waals surface area contributed by atoms with Crippen LogP contribution in [0.25, 0.3) is 0 Å². The average Bonchev–Trinajstić information content (AvgIpc) is 2.46. The van der Waals surface area contributed by atoms with E-state index in [0.29, 0.717) is 25.7 Å². The molecule has 1 aliphatic heterocycles. The first-order valence-corrected chi connectivity index (χ1v) is 6.26. The monoisotopic (exact) mass is 266 g/mol. The highest BCUT2D eigenvalue weighted by atomic mass is 16.5. The summed E-state index contributed by atoms with van der Waals surface area (Å²) in [5, 5.41) is 11.6. The SMILES string of the molecule is C[C@@H](NCc1cnc(N2CCOCC2)nc1)C(=O)O. The van der Waals surface area contributed by atoms with Crippen LogP contribution in [0.1, 0.15) is 12.5 Å². The highest BCUT2D eigenvalue weighted by molar-refractivity contribution is 5.72. The highest BCUT2D eigenvalue weighted by Gasteiger charge is 2.14. The van der Waals surface area contributed by atoms with Crippen LogP contribution in [0.15, 0.2) is 12.4 Å². The summed E-state index contributed by atoms with van der Waals surface area (Å²) in [6.45, 7) is 5.04. The molecule has 7 heteroatoms. The largest absolute Gasteiger partial charge is 0.480 e. The van der Waals surface area contributed by atoms with Crippen molar-refractivity contribution in [3.8, 4) is 0 Å². The van der Waals surface area contributed by atoms with E-state index in [2.05, 4.69) is 20.2 Å². The summed E-state index contributed by atoms with van der Waals surface area (Å²) in [5.41, 5.74) is 0.866. The van der Waals surface area contributed by atoms with Gasteiger partial charge in [-0.2, -0.15) is 0 Å². The van der Waals surface area contributed by atoms with Gasteiger partial charge in [-0.25, -0.2) is 9.97 Å². The van der Waals surface area contributed by atoms with Gasteiger partial charge in [0.2, 0.25) is 5.95 Å². The summed E-state index contributed by atoms with van der Waals surface area (Å²) in [6.07, 6.45) is 3.44. The Bertz CT molecular complexity index is 417. The van der Waals surface area contributed by atoms with Gasteiger partial charge in [0.25, 0.3) is 0 Å². The maximum atomic E-state index is 10.7. The van der Waals surface area contributed by atoms with Gasteiger partial charge in [0.1, 0.15) is 6.04 Å². The Morgan fingerprint density at radius 3 is 2.68 bits per heavy atom. The maximum Gasteiger partial charge on any atom is 0.320 e. The molecule has 0 aromatic carbocycles. The Morgan fingerprint density at radius 1 is 1.47 bits per heavy atom. The van der Waals surface area contributed by atoms with Gasteiger partial charge in [-0.1, -0.05) is 0 Å². The molecule has 1 aliphatic rings. The number of nitrogens with one attached hydrogen (secondary N) is 1. The topological polar surface area (TPSA) is 87.6 Å². The van der Waals surface area contributed by atoms with Crippen molar-refractivity contribution in [2.24, 2.45) is 0 Å². The van der Waals surface area contributed by atoms with E-state index in [4.69, 9.17) is 9.84 Å². The smallest absolute Gasteiger partial charge is 0.320 e. The molecule has 0 radical (unpaired) electrons. The van der Waals surface area contributed by atoms with E-state index in [-0.39, 0.29) is 0 Å². The van der Waals surface area contributed by atoms with Crippen molar-refractivity contribution in [3.05, 3.63) is 18.0 Å². The number of aliphatic carboxylic acids is 1. The number of ether oxygens (including phenoxy) is 1. The second-order valence-electron chi connectivity index (χ2n) is 4.43. The van der Waals surface area contributed by atoms with Crippen LogP contribution in [0.2, 0.25) is 0 Å². The molecule has 0 bridgehead atoms. The van der Waals surface area contributed by atoms with E-state index in [0.717, 1.165) is 18.7 Å². The number of rotatable bonds is 5. The number of nitrogens with zero attached hydrogens (tertiary/aromatic N) is 3. The van der Waals surface area contributed by atoms with Crippen molar-refractivity contribution in [2.45, 2.75) is 19.5 Å². The van der Waals surface area contributed by atoms with Gasteiger partial charge in [0.05, 0.1) is 13.2 Å². The molecule has 1 aromatic rings. The van der Waals surface area contributed by atoms with Crippen LogP contribution in [-0.4, -0.2) is 53.4 Å². The van der Waals surface area contributed by atoms with Crippen molar-refractivity contribution in [1.82, 2.24) is 15.3 Å². The standard InChI is InChI=1S/C12H18N4O3/c1-9(11(17)18)13-6-10-7-14-12(15-8-10)16-2-4-19-5-3-16/h7-9,13H,2-6H2,1H3,(H,17,18)/t9-/m1/s1. The number of carboxylic acid groups (broad SMARTS) is 1. The van der Waals surface area contributed by atoms with Crippen LogP contribution >= 0.6 is 0 Å². The van der Waals surface area contributed by atoms with Crippen LogP contribution in [-0.2, 0) is 16.1 Å². The van der Waals surface area contributed by atoms with Crippen molar-refractivity contribution < 1.29 is 14.6 Å². The van der Waals surface area contributed by atoms with Crippen molar-refractivity contribution in [2.75, 3.05) is 31.2 Å². The first-order valence-electron chi connectivity index (χ1n) is 6.26. The second kappa shape index (κ2) is 6.44. The fraction of sp³-hybridized carbons (Fsp3) is 0.583. The van der Waals surface area contributed by atoms with Gasteiger partial charge in [-0.15, -0.1) is 0 Å². The number of hydrogen-bond donors (Lipinski definition) is 2. The lowest BCUT2D eigenvalue weighted by atomic mass is 10.3. The lowest BCUT2D eigenvalue weighted by molar-refractivity contribution is -0.139. The van der Waals surface area contributed by atoms with Crippen molar-refractivity contribution in [1.29, 1.82) is 0 Å². The lowest BCUT2D eigenvalue weighted by Crippen LogP contribution is -2.37. The third kappa shape index (κ3) is 3.87. The van der Waals surface area contributed by atoms with Gasteiger partial charge in [0, 0.05) is 37.6 Å². The zero-order valence-electron chi connectivity index (χ0n) is 10.9. The number of morpholine rings is 1. The molecule has 1 atom stereocenters. The first kappa shape index (κ1) is 13.7. The summed E-state index contributed by atoms with van der Waals surface area (Å²) in [5.74, 6) is -0.177. The zero-order chi connectivity index (χ0) is 13.7. The number of aromatic nitrogens is 2. The van der Waals surface area contributed by atoms with Gasteiger partial charge in [-0.05, 0) is 6.92 Å². The summed E-state index contributed by atoms with van der Waals surface area (Å²) in [7, 11) is 0. The number of hydrogen-bond acceptors (Lipinski definition) is 6. The van der Waals surface area contributed by atoms with Gasteiger partial charge in [0.15, 0.2) is 0 Å². The molecular weight excluding hydrogens is 248 g/mol. The Kier molecular flexibility index (Phi) is 4.64. The molecule has 2 N–H and O–H groups in total. The summed E-state index contributed by atoms with van der Waals surface area (Å²) in [4.78, 5) is 21.3. The van der Waals surface area contributed by atoms with Gasteiger partial charge >= 0.3 is 5.97 Å². The molecule has 0 spiro atoms. The van der Waals surface area contributed by atoms with Gasteiger partial charge < -0.3 is 20.1 Å². The Balaban J connectivity index is 1.89. The first-order chi connectivity index (χ1) is 9.16. The maximum absolute atomic E-state index is 10.7. The minimum Gasteiger partial charge on any atom is -0.480 e. The molecule has 0 amide bonds. The fourth-order valence-corrected chi connectivity index (χ4v) is 1.72. The third-order valence-electron chi connectivity index (χ3n) is 2.97. The number of carbonyl (C=O) groups is 1. The lowest BCUT2D eigenvalue weighted by Gasteiger charge is -2.26. The molecule has 0 saturated carbocycles. The summed E-state index contributed by atoms with van der Waals surface area (Å²) in [6, 6.07) is -0.584. The molecule has 7 nitrogen and oxygen atoms in total. The molecule has 1 fully saturated rings. The van der Waals surface area contributed by atoms with Crippen LogP contribution in [0, 0.1) is 0 Å². The van der Waals surface area contributed by atoms with Crippen molar-refractivity contribution >= 4 is 11.9 Å². The van der Waals surface area contributed by atoms with E-state index in [1.54, 1.807) is 19.3 Å². The van der Waals surface area contributed by atoms with E-state index in [9.17, 15) is 4.79 Å². The van der Waals surface area contributed by atoms with Gasteiger partial charge in [-0.3, -0.25) is 4.79 Å². The quantitative estimate of drug-likeness (QED) is 0.768. The van der Waals surface area contributed by atoms with E-state index < -0.39 is 12.0 Å². The van der Waals surface area contributed by atoms with E-state index >= 15 is 0 Å². The number of anilines is 1. The molecular formula is C12H18N4O3. The van der Waals surface area contributed by atoms with E-state index in [1.807, 2.05) is 0 Å². The zero-order valence-corrected chi connectivity index (χ0v) is 10.9. The fourth-order valence-electron chi connectivity index (χ4n) is 1.72. The normalized spacial score (nSPS) is 17.2. The predicted octanol–water partition coefficient (Wildman–Crippen LogP) is -0.124. The molecule has 2 rings (SSSR count). The molecule has 1 saturated heterocycles. The highest BCUT2D eigenvalue weighted by Crippen LogP contribution is 2.09. The Morgan fingerprint density at radius 2 is 2.11 bits per heavy atom. The Hall–Kier alpha value is -1.73. The van der Waals surface area contributed by atoms with Crippen molar-refractivity contribution in [3.63, 3.8) is 0 Å². The van der Waals surface area contributed by atoms with Crippen LogP contribution in [0.4, 0.5) is 5.95 Å². The average molecular weight is 266 g/mol. The minimum atomic E-state index is -0.870. The Labute approximate surface area is 111 Å². The third-order valence-corrected chi connectivity index (χ3v) is 2.97. The molecule has 0 unspecified atom stereocenters. The second-order valence-corrected chi connectivity index (χ2v) is 4.43. The molecule has 1 aromatic heterocycles. The molecule has 2 heterocycles. The summed E-state index contributed by atoms with van der Waals surface area (Å²) >= 11 is 0. The summed E-state index contributed by atoms with van der Waals surface area (Å²) < 4.78 is 5.27.